The lowest BCUT2D eigenvalue weighted by Crippen LogP contribution is -2.49. The Morgan fingerprint density at radius 1 is 1.15 bits per heavy atom. The van der Waals surface area contributed by atoms with E-state index in [1.807, 2.05) is 0 Å². The van der Waals surface area contributed by atoms with Crippen molar-refractivity contribution in [2.75, 3.05) is 5.73 Å². The van der Waals surface area contributed by atoms with Crippen LogP contribution in [0.15, 0.2) is 28.4 Å². The smallest absolute Gasteiger partial charge is 0.292 e. The molecule has 0 radical (unpaired) electrons. The maximum absolute atomic E-state index is 11.3. The highest BCUT2D eigenvalue weighted by Crippen LogP contribution is 2.66. The zero-order valence-electron chi connectivity index (χ0n) is 16.4. The number of oxazole rings is 1. The highest BCUT2D eigenvalue weighted by Gasteiger charge is 2.57. The van der Waals surface area contributed by atoms with Gasteiger partial charge >= 0.3 is 0 Å². The Labute approximate surface area is 161 Å². The number of allylic oxidation sites excluding steroid dienone is 4. The quantitative estimate of drug-likeness (QED) is 0.589. The molecule has 0 amide bonds. The normalized spacial score (nSPS) is 43.2. The second-order valence-corrected chi connectivity index (χ2v) is 9.78. The number of nitrogens with two attached hydrogens (primary N) is 1. The van der Waals surface area contributed by atoms with Gasteiger partial charge in [-0.05, 0) is 79.1 Å². The first kappa shape index (κ1) is 17.3. The van der Waals surface area contributed by atoms with E-state index in [9.17, 15) is 4.79 Å². The monoisotopic (exact) mass is 366 g/mol. The molecule has 5 rings (SSSR count). The number of nitrogens with zero attached hydrogens (tertiary/aromatic N) is 1. The molecule has 144 valence electrons. The summed E-state index contributed by atoms with van der Waals surface area (Å²) in [6, 6.07) is 0.260. The summed E-state index contributed by atoms with van der Waals surface area (Å²) in [5, 5.41) is 0. The molecule has 4 heteroatoms. The van der Waals surface area contributed by atoms with Crippen molar-refractivity contribution in [1.82, 2.24) is 4.98 Å². The molecule has 2 fully saturated rings. The summed E-state index contributed by atoms with van der Waals surface area (Å²) in [5.74, 6) is 2.39. The molecule has 1 unspecified atom stereocenters. The van der Waals surface area contributed by atoms with E-state index in [-0.39, 0.29) is 17.3 Å². The zero-order chi connectivity index (χ0) is 18.8. The van der Waals surface area contributed by atoms with Crippen LogP contribution in [0.3, 0.4) is 0 Å². The Morgan fingerprint density at radius 2 is 1.96 bits per heavy atom. The summed E-state index contributed by atoms with van der Waals surface area (Å²) in [6.07, 6.45) is 15.8. The number of aldehydes is 1. The number of fused-ring (bicyclic) bond motifs is 5. The van der Waals surface area contributed by atoms with Gasteiger partial charge in [-0.1, -0.05) is 31.6 Å². The van der Waals surface area contributed by atoms with Gasteiger partial charge in [0.2, 0.25) is 0 Å². The van der Waals surface area contributed by atoms with Gasteiger partial charge in [-0.15, -0.1) is 0 Å². The van der Waals surface area contributed by atoms with Crippen LogP contribution in [0.25, 0.3) is 5.57 Å². The molecule has 1 aromatic heterocycles. The van der Waals surface area contributed by atoms with Gasteiger partial charge in [-0.3, -0.25) is 0 Å². The predicted molar refractivity (Wildman–Crippen MR) is 106 cm³/mol. The Kier molecular flexibility index (Phi) is 3.73. The van der Waals surface area contributed by atoms with Crippen molar-refractivity contribution in [3.63, 3.8) is 0 Å². The van der Waals surface area contributed by atoms with Crippen LogP contribution in [0.4, 0.5) is 6.01 Å². The van der Waals surface area contributed by atoms with E-state index < -0.39 is 0 Å². The summed E-state index contributed by atoms with van der Waals surface area (Å²) in [4.78, 5) is 15.8. The standard InChI is InChI=1S/C23H30N2O2/c1-22-9-7-14(12-26)11-15(22)3-4-16-17-5-6-19(20-13-27-21(24)25-20)23(17,2)10-8-18(16)22/h3,6,12-14,16-18H,4-5,7-11H2,1-2H3,(H2,24,25)/t14?,16-,17-,18-,22-,23-/m0/s1. The van der Waals surface area contributed by atoms with Crippen LogP contribution in [0.5, 0.6) is 0 Å². The van der Waals surface area contributed by atoms with E-state index in [1.54, 1.807) is 11.8 Å². The van der Waals surface area contributed by atoms with Gasteiger partial charge in [0.25, 0.3) is 6.01 Å². The van der Waals surface area contributed by atoms with E-state index in [0.29, 0.717) is 11.3 Å². The molecule has 0 spiro atoms. The largest absolute Gasteiger partial charge is 0.432 e. The van der Waals surface area contributed by atoms with Crippen LogP contribution < -0.4 is 5.73 Å². The minimum Gasteiger partial charge on any atom is -0.432 e. The average Bonchev–Trinajstić information content (AvgIpc) is 3.23. The van der Waals surface area contributed by atoms with E-state index >= 15 is 0 Å². The number of carbonyl (C=O) groups excluding carboxylic acids is 1. The van der Waals surface area contributed by atoms with Crippen molar-refractivity contribution in [3.8, 4) is 0 Å². The third-order valence-electron chi connectivity index (χ3n) is 8.71. The maximum Gasteiger partial charge on any atom is 0.292 e. The topological polar surface area (TPSA) is 69.1 Å². The highest BCUT2D eigenvalue weighted by atomic mass is 16.4. The number of hydrogen-bond donors (Lipinski definition) is 1. The van der Waals surface area contributed by atoms with Crippen LogP contribution in [0.1, 0.15) is 64.5 Å². The first-order chi connectivity index (χ1) is 13.0. The van der Waals surface area contributed by atoms with Crippen LogP contribution in [-0.4, -0.2) is 11.3 Å². The number of hydrogen-bond acceptors (Lipinski definition) is 4. The lowest BCUT2D eigenvalue weighted by Gasteiger charge is -2.57. The van der Waals surface area contributed by atoms with Crippen LogP contribution in [0.2, 0.25) is 0 Å². The molecule has 4 aliphatic carbocycles. The minimum atomic E-state index is 0.173. The minimum absolute atomic E-state index is 0.173. The predicted octanol–water partition coefficient (Wildman–Crippen LogP) is 5.03. The summed E-state index contributed by atoms with van der Waals surface area (Å²) in [5.41, 5.74) is 10.1. The molecule has 4 aliphatic rings. The first-order valence-corrected chi connectivity index (χ1v) is 10.5. The number of rotatable bonds is 2. The summed E-state index contributed by atoms with van der Waals surface area (Å²) < 4.78 is 5.30. The van der Waals surface area contributed by atoms with Crippen LogP contribution in [0, 0.1) is 34.5 Å². The van der Waals surface area contributed by atoms with Crippen molar-refractivity contribution >= 4 is 17.9 Å². The lowest BCUT2D eigenvalue weighted by atomic mass is 9.47. The van der Waals surface area contributed by atoms with Crippen molar-refractivity contribution in [2.24, 2.45) is 34.5 Å². The molecule has 4 nitrogen and oxygen atoms in total. The fourth-order valence-corrected chi connectivity index (χ4v) is 7.18. The van der Waals surface area contributed by atoms with Gasteiger partial charge in [0.1, 0.15) is 18.2 Å². The number of carbonyl (C=O) groups is 1. The SMILES string of the molecule is C[C@]12CCC(C=O)CC1=CC[C@@H]1[C@@H]2CC[C@]2(C)C(c3coc(N)n3)=CC[C@@H]12. The molecule has 1 heterocycles. The van der Waals surface area contributed by atoms with Crippen molar-refractivity contribution in [2.45, 2.75) is 58.8 Å². The molecular formula is C23H30N2O2. The van der Waals surface area contributed by atoms with Crippen molar-refractivity contribution < 1.29 is 9.21 Å². The third kappa shape index (κ3) is 2.34. The molecule has 1 aromatic rings. The number of nitrogen functional groups attached to an aromatic ring is 1. The van der Waals surface area contributed by atoms with Gasteiger partial charge in [0, 0.05) is 5.92 Å². The third-order valence-corrected chi connectivity index (χ3v) is 8.71. The second-order valence-electron chi connectivity index (χ2n) is 9.78. The van der Waals surface area contributed by atoms with Gasteiger partial charge in [-0.2, -0.15) is 4.98 Å². The first-order valence-electron chi connectivity index (χ1n) is 10.5. The summed E-state index contributed by atoms with van der Waals surface area (Å²) in [7, 11) is 0. The summed E-state index contributed by atoms with van der Waals surface area (Å²) in [6.45, 7) is 4.92. The van der Waals surface area contributed by atoms with Gasteiger partial charge in [0.15, 0.2) is 0 Å². The maximum atomic E-state index is 11.3. The Hall–Kier alpha value is -1.84. The Morgan fingerprint density at radius 3 is 2.70 bits per heavy atom. The van der Waals surface area contributed by atoms with Crippen LogP contribution in [-0.2, 0) is 4.79 Å². The van der Waals surface area contributed by atoms with Gasteiger partial charge < -0.3 is 14.9 Å². The van der Waals surface area contributed by atoms with Crippen molar-refractivity contribution in [1.29, 1.82) is 0 Å². The van der Waals surface area contributed by atoms with Crippen molar-refractivity contribution in [3.05, 3.63) is 29.7 Å². The Bertz CT molecular complexity index is 837. The molecule has 0 aliphatic heterocycles. The molecule has 6 atom stereocenters. The summed E-state index contributed by atoms with van der Waals surface area (Å²) >= 11 is 0. The molecule has 2 N–H and O–H groups in total. The molecule has 0 bridgehead atoms. The lowest BCUT2D eigenvalue weighted by molar-refractivity contribution is -0.112. The van der Waals surface area contributed by atoms with Crippen LogP contribution >= 0.6 is 0 Å². The molecule has 0 aromatic carbocycles. The Balaban J connectivity index is 1.46. The molecule has 0 saturated heterocycles. The van der Waals surface area contributed by atoms with E-state index in [1.165, 1.54) is 37.5 Å². The second kappa shape index (κ2) is 5.83. The average molecular weight is 367 g/mol. The molecule has 2 saturated carbocycles. The fourth-order valence-electron chi connectivity index (χ4n) is 7.18. The number of aromatic nitrogens is 1. The van der Waals surface area contributed by atoms with E-state index in [4.69, 9.17) is 10.2 Å². The fraction of sp³-hybridized carbons (Fsp3) is 0.652. The van der Waals surface area contributed by atoms with E-state index in [0.717, 1.165) is 36.8 Å². The zero-order valence-corrected chi connectivity index (χ0v) is 16.4. The molecular weight excluding hydrogens is 336 g/mol. The molecule has 27 heavy (non-hydrogen) atoms. The highest BCUT2D eigenvalue weighted by molar-refractivity contribution is 5.70. The van der Waals surface area contributed by atoms with Gasteiger partial charge in [-0.25, -0.2) is 0 Å². The number of anilines is 1. The van der Waals surface area contributed by atoms with E-state index in [2.05, 4.69) is 31.0 Å². The van der Waals surface area contributed by atoms with Gasteiger partial charge in [0.05, 0.1) is 0 Å².